The Morgan fingerprint density at radius 3 is 2.14 bits per heavy atom. The van der Waals surface area contributed by atoms with E-state index in [0.717, 1.165) is 44.6 Å². The number of carbonyl (C=O) groups excluding carboxylic acids is 2. The summed E-state index contributed by atoms with van der Waals surface area (Å²) in [6, 6.07) is 0.639. The zero-order valence-electron chi connectivity index (χ0n) is 13.8. The first-order valence-electron chi connectivity index (χ1n) is 8.78. The van der Waals surface area contributed by atoms with Crippen LogP contribution in [-0.2, 0) is 9.59 Å². The first-order valence-corrected chi connectivity index (χ1v) is 8.78. The SMILES string of the molecule is CC1CC(NC(=O)CC2(C(=O)NC3CC(C)C3)CCNC2)C1. The van der Waals surface area contributed by atoms with Crippen molar-refractivity contribution < 1.29 is 9.59 Å². The molecule has 2 amide bonds. The van der Waals surface area contributed by atoms with Crippen LogP contribution in [0, 0.1) is 17.3 Å². The lowest BCUT2D eigenvalue weighted by atomic mass is 9.78. The third kappa shape index (κ3) is 3.29. The molecule has 2 aliphatic carbocycles. The van der Waals surface area contributed by atoms with Gasteiger partial charge in [-0.2, -0.15) is 0 Å². The van der Waals surface area contributed by atoms with Crippen LogP contribution < -0.4 is 16.0 Å². The van der Waals surface area contributed by atoms with Crippen LogP contribution in [0.4, 0.5) is 0 Å². The molecule has 1 heterocycles. The quantitative estimate of drug-likeness (QED) is 0.714. The maximum Gasteiger partial charge on any atom is 0.228 e. The molecule has 5 nitrogen and oxygen atoms in total. The summed E-state index contributed by atoms with van der Waals surface area (Å²) in [4.78, 5) is 25.0. The smallest absolute Gasteiger partial charge is 0.228 e. The Bertz CT molecular complexity index is 433. The van der Waals surface area contributed by atoms with Crippen LogP contribution >= 0.6 is 0 Å². The third-order valence-corrected chi connectivity index (χ3v) is 5.67. The number of hydrogen-bond donors (Lipinski definition) is 3. The second-order valence-corrected chi connectivity index (χ2v) is 7.97. The summed E-state index contributed by atoms with van der Waals surface area (Å²) in [5, 5.41) is 9.52. The molecule has 3 rings (SSSR count). The fourth-order valence-electron chi connectivity index (χ4n) is 4.13. The van der Waals surface area contributed by atoms with Gasteiger partial charge in [0, 0.05) is 25.0 Å². The molecule has 0 aromatic heterocycles. The van der Waals surface area contributed by atoms with E-state index in [0.29, 0.717) is 31.0 Å². The predicted molar refractivity (Wildman–Crippen MR) is 85.2 cm³/mol. The van der Waals surface area contributed by atoms with Gasteiger partial charge in [0.1, 0.15) is 0 Å². The zero-order valence-corrected chi connectivity index (χ0v) is 13.8. The third-order valence-electron chi connectivity index (χ3n) is 5.67. The molecule has 0 radical (unpaired) electrons. The van der Waals surface area contributed by atoms with Crippen LogP contribution in [0.3, 0.4) is 0 Å². The van der Waals surface area contributed by atoms with Crippen LogP contribution in [-0.4, -0.2) is 37.0 Å². The van der Waals surface area contributed by atoms with Gasteiger partial charge in [0.2, 0.25) is 11.8 Å². The van der Waals surface area contributed by atoms with E-state index in [4.69, 9.17) is 0 Å². The van der Waals surface area contributed by atoms with Gasteiger partial charge in [-0.3, -0.25) is 9.59 Å². The summed E-state index contributed by atoms with van der Waals surface area (Å²) in [6.07, 6.45) is 5.36. The van der Waals surface area contributed by atoms with E-state index < -0.39 is 5.41 Å². The van der Waals surface area contributed by atoms with E-state index in [-0.39, 0.29) is 11.8 Å². The van der Waals surface area contributed by atoms with E-state index in [9.17, 15) is 9.59 Å². The first-order chi connectivity index (χ1) is 10.5. The second-order valence-electron chi connectivity index (χ2n) is 7.97. The maximum absolute atomic E-state index is 12.7. The fourth-order valence-corrected chi connectivity index (χ4v) is 4.13. The Hall–Kier alpha value is -1.10. The molecule has 124 valence electrons. The highest BCUT2D eigenvalue weighted by molar-refractivity contribution is 5.90. The normalized spacial score (nSPS) is 40.5. The molecule has 1 unspecified atom stereocenters. The highest BCUT2D eigenvalue weighted by atomic mass is 16.2. The molecule has 3 aliphatic rings. The van der Waals surface area contributed by atoms with E-state index >= 15 is 0 Å². The molecule has 5 heteroatoms. The first kappa shape index (κ1) is 15.8. The standard InChI is InChI=1S/C17H29N3O2/c1-11-5-13(6-11)19-15(21)9-17(3-4-18-10-17)16(22)20-14-7-12(2)8-14/h11-14,18H,3-10H2,1-2H3,(H,19,21)(H,20,22). The van der Waals surface area contributed by atoms with Crippen LogP contribution in [0.1, 0.15) is 52.4 Å². The van der Waals surface area contributed by atoms with Crippen LogP contribution in [0.5, 0.6) is 0 Å². The highest BCUT2D eigenvalue weighted by Crippen LogP contribution is 2.33. The Morgan fingerprint density at radius 1 is 1.05 bits per heavy atom. The molecule has 0 aromatic rings. The molecule has 1 saturated heterocycles. The molecule has 3 N–H and O–H groups in total. The van der Waals surface area contributed by atoms with Crippen molar-refractivity contribution in [3.05, 3.63) is 0 Å². The largest absolute Gasteiger partial charge is 0.353 e. The molecule has 1 aliphatic heterocycles. The maximum atomic E-state index is 12.7. The van der Waals surface area contributed by atoms with Gasteiger partial charge in [0.05, 0.1) is 5.41 Å². The average Bonchev–Trinajstić information content (AvgIpc) is 2.84. The summed E-state index contributed by atoms with van der Waals surface area (Å²) in [6.45, 7) is 5.86. The second kappa shape index (κ2) is 6.19. The van der Waals surface area contributed by atoms with Crippen molar-refractivity contribution in [1.29, 1.82) is 0 Å². The Labute approximate surface area is 133 Å². The summed E-state index contributed by atoms with van der Waals surface area (Å²) in [5.41, 5.74) is -0.543. The lowest BCUT2D eigenvalue weighted by Crippen LogP contribution is -2.53. The minimum Gasteiger partial charge on any atom is -0.353 e. The topological polar surface area (TPSA) is 70.2 Å². The number of carbonyl (C=O) groups is 2. The fraction of sp³-hybridized carbons (Fsp3) is 0.882. The van der Waals surface area contributed by atoms with Crippen molar-refractivity contribution in [3.8, 4) is 0 Å². The van der Waals surface area contributed by atoms with Gasteiger partial charge >= 0.3 is 0 Å². The predicted octanol–water partition coefficient (Wildman–Crippen LogP) is 1.19. The highest BCUT2D eigenvalue weighted by Gasteiger charge is 2.44. The van der Waals surface area contributed by atoms with E-state index in [2.05, 4.69) is 29.8 Å². The summed E-state index contributed by atoms with van der Waals surface area (Å²) >= 11 is 0. The van der Waals surface area contributed by atoms with Gasteiger partial charge in [-0.25, -0.2) is 0 Å². The number of rotatable bonds is 5. The van der Waals surface area contributed by atoms with Gasteiger partial charge in [0.15, 0.2) is 0 Å². The molecule has 3 fully saturated rings. The summed E-state index contributed by atoms with van der Waals surface area (Å²) < 4.78 is 0. The number of amides is 2. The van der Waals surface area contributed by atoms with E-state index in [1.54, 1.807) is 0 Å². The molecular formula is C17H29N3O2. The molecule has 2 saturated carbocycles. The van der Waals surface area contributed by atoms with Crippen LogP contribution in [0.25, 0.3) is 0 Å². The van der Waals surface area contributed by atoms with Gasteiger partial charge in [-0.05, 0) is 50.5 Å². The lowest BCUT2D eigenvalue weighted by Gasteiger charge is -2.37. The van der Waals surface area contributed by atoms with Crippen molar-refractivity contribution >= 4 is 11.8 Å². The Morgan fingerprint density at radius 2 is 1.64 bits per heavy atom. The molecule has 22 heavy (non-hydrogen) atoms. The average molecular weight is 307 g/mol. The van der Waals surface area contributed by atoms with Gasteiger partial charge < -0.3 is 16.0 Å². The van der Waals surface area contributed by atoms with Gasteiger partial charge in [-0.1, -0.05) is 13.8 Å². The Balaban J connectivity index is 1.53. The molecule has 0 bridgehead atoms. The summed E-state index contributed by atoms with van der Waals surface area (Å²) in [5.74, 6) is 1.55. The van der Waals surface area contributed by atoms with Crippen LogP contribution in [0.15, 0.2) is 0 Å². The number of nitrogens with one attached hydrogen (secondary N) is 3. The van der Waals surface area contributed by atoms with E-state index in [1.165, 1.54) is 0 Å². The van der Waals surface area contributed by atoms with Crippen molar-refractivity contribution in [2.45, 2.75) is 64.5 Å². The zero-order chi connectivity index (χ0) is 15.7. The minimum absolute atomic E-state index is 0.0396. The van der Waals surface area contributed by atoms with E-state index in [1.807, 2.05) is 0 Å². The molecule has 0 spiro atoms. The van der Waals surface area contributed by atoms with Gasteiger partial charge in [-0.15, -0.1) is 0 Å². The van der Waals surface area contributed by atoms with Crippen molar-refractivity contribution in [2.24, 2.45) is 17.3 Å². The van der Waals surface area contributed by atoms with Crippen molar-refractivity contribution in [1.82, 2.24) is 16.0 Å². The van der Waals surface area contributed by atoms with Crippen LogP contribution in [0.2, 0.25) is 0 Å². The van der Waals surface area contributed by atoms with Crippen molar-refractivity contribution in [2.75, 3.05) is 13.1 Å². The molecule has 1 atom stereocenters. The summed E-state index contributed by atoms with van der Waals surface area (Å²) in [7, 11) is 0. The lowest BCUT2D eigenvalue weighted by molar-refractivity contribution is -0.137. The van der Waals surface area contributed by atoms with Crippen molar-refractivity contribution in [3.63, 3.8) is 0 Å². The monoisotopic (exact) mass is 307 g/mol. The number of hydrogen-bond acceptors (Lipinski definition) is 3. The molecule has 0 aromatic carbocycles. The van der Waals surface area contributed by atoms with Gasteiger partial charge in [0.25, 0.3) is 0 Å². The molecular weight excluding hydrogens is 278 g/mol. The Kier molecular flexibility index (Phi) is 4.44. The minimum atomic E-state index is -0.543.